The number of aromatic nitrogens is 3. The standard InChI is InChI=1S/C17H23N5O2S/c1-17(2,3)24-16(23)19-11-12-7-6-10-22(12)15-21-20-14(25-15)13-8-4-5-9-18-13/h4-5,8-9,12H,6-7,10-11H2,1-3H3,(H,19,23). The number of hydrogen-bond donors (Lipinski definition) is 1. The second-order valence-corrected chi connectivity index (χ2v) is 7.93. The van der Waals surface area contributed by atoms with Gasteiger partial charge in [0.15, 0.2) is 5.01 Å². The molecule has 3 heterocycles. The lowest BCUT2D eigenvalue weighted by Crippen LogP contribution is -2.42. The van der Waals surface area contributed by atoms with Gasteiger partial charge in [0.05, 0.1) is 0 Å². The molecule has 1 amide bonds. The zero-order valence-corrected chi connectivity index (χ0v) is 15.5. The molecule has 8 heteroatoms. The molecule has 3 rings (SSSR count). The third kappa shape index (κ3) is 4.66. The van der Waals surface area contributed by atoms with Crippen LogP contribution in [0.3, 0.4) is 0 Å². The smallest absolute Gasteiger partial charge is 0.407 e. The van der Waals surface area contributed by atoms with E-state index in [-0.39, 0.29) is 12.1 Å². The summed E-state index contributed by atoms with van der Waals surface area (Å²) >= 11 is 1.53. The molecular weight excluding hydrogens is 338 g/mol. The number of pyridine rings is 1. The first kappa shape index (κ1) is 17.6. The minimum Gasteiger partial charge on any atom is -0.444 e. The topological polar surface area (TPSA) is 80.2 Å². The normalized spacial score (nSPS) is 17.6. The van der Waals surface area contributed by atoms with Crippen LogP contribution in [0.1, 0.15) is 33.6 Å². The highest BCUT2D eigenvalue weighted by Crippen LogP contribution is 2.31. The van der Waals surface area contributed by atoms with E-state index < -0.39 is 5.60 Å². The third-order valence-electron chi connectivity index (χ3n) is 3.80. The Hall–Kier alpha value is -2.22. The zero-order valence-electron chi connectivity index (χ0n) is 14.7. The summed E-state index contributed by atoms with van der Waals surface area (Å²) in [6.45, 7) is 7.02. The van der Waals surface area contributed by atoms with Crippen LogP contribution >= 0.6 is 11.3 Å². The molecule has 134 valence electrons. The minimum absolute atomic E-state index is 0.206. The molecule has 0 saturated carbocycles. The molecule has 1 aliphatic heterocycles. The quantitative estimate of drug-likeness (QED) is 0.901. The van der Waals surface area contributed by atoms with Crippen molar-refractivity contribution < 1.29 is 9.53 Å². The number of alkyl carbamates (subject to hydrolysis) is 1. The molecule has 25 heavy (non-hydrogen) atoms. The van der Waals surface area contributed by atoms with Gasteiger partial charge in [-0.1, -0.05) is 17.4 Å². The van der Waals surface area contributed by atoms with E-state index in [1.807, 2.05) is 39.0 Å². The number of ether oxygens (including phenoxy) is 1. The number of hydrogen-bond acceptors (Lipinski definition) is 7. The van der Waals surface area contributed by atoms with Crippen molar-refractivity contribution >= 4 is 22.6 Å². The van der Waals surface area contributed by atoms with Gasteiger partial charge in [0.2, 0.25) is 5.13 Å². The van der Waals surface area contributed by atoms with E-state index in [1.54, 1.807) is 6.20 Å². The van der Waals surface area contributed by atoms with E-state index in [9.17, 15) is 4.79 Å². The number of nitrogens with one attached hydrogen (secondary N) is 1. The van der Waals surface area contributed by atoms with Crippen molar-refractivity contribution in [2.24, 2.45) is 0 Å². The third-order valence-corrected chi connectivity index (χ3v) is 4.78. The Morgan fingerprint density at radius 1 is 1.40 bits per heavy atom. The number of amides is 1. The number of carbonyl (C=O) groups excluding carboxylic acids is 1. The van der Waals surface area contributed by atoms with Crippen molar-refractivity contribution in [3.05, 3.63) is 24.4 Å². The lowest BCUT2D eigenvalue weighted by Gasteiger charge is -2.25. The largest absolute Gasteiger partial charge is 0.444 e. The predicted molar refractivity (Wildman–Crippen MR) is 97.7 cm³/mol. The molecule has 0 aliphatic carbocycles. The average molecular weight is 361 g/mol. The van der Waals surface area contributed by atoms with Crippen LogP contribution in [0.5, 0.6) is 0 Å². The van der Waals surface area contributed by atoms with Gasteiger partial charge in [0.25, 0.3) is 0 Å². The first-order chi connectivity index (χ1) is 11.9. The fraction of sp³-hybridized carbons (Fsp3) is 0.529. The highest BCUT2D eigenvalue weighted by Gasteiger charge is 2.28. The van der Waals surface area contributed by atoms with E-state index >= 15 is 0 Å². The maximum Gasteiger partial charge on any atom is 0.407 e. The SMILES string of the molecule is CC(C)(C)OC(=O)NCC1CCCN1c1nnc(-c2ccccn2)s1. The molecule has 1 aliphatic rings. The highest BCUT2D eigenvalue weighted by molar-refractivity contribution is 7.18. The van der Waals surface area contributed by atoms with E-state index in [1.165, 1.54) is 11.3 Å². The molecule has 7 nitrogen and oxygen atoms in total. The number of nitrogens with zero attached hydrogens (tertiary/aromatic N) is 4. The maximum atomic E-state index is 11.9. The second kappa shape index (κ2) is 7.35. The van der Waals surface area contributed by atoms with Crippen molar-refractivity contribution in [1.29, 1.82) is 0 Å². The number of carbonyl (C=O) groups is 1. The Labute approximate surface area is 151 Å². The van der Waals surface area contributed by atoms with Crippen LogP contribution in [0.4, 0.5) is 9.93 Å². The van der Waals surface area contributed by atoms with E-state index in [0.717, 1.165) is 35.2 Å². The van der Waals surface area contributed by atoms with Crippen LogP contribution in [0.2, 0.25) is 0 Å². The van der Waals surface area contributed by atoms with Crippen molar-refractivity contribution in [2.75, 3.05) is 18.0 Å². The van der Waals surface area contributed by atoms with Crippen LogP contribution in [-0.2, 0) is 4.74 Å². The zero-order chi connectivity index (χ0) is 17.9. The Bertz CT molecular complexity index is 713. The van der Waals surface area contributed by atoms with Gasteiger partial charge in [-0.3, -0.25) is 4.98 Å². The van der Waals surface area contributed by atoms with Crippen LogP contribution < -0.4 is 10.2 Å². The van der Waals surface area contributed by atoms with Gasteiger partial charge in [0.1, 0.15) is 11.3 Å². The predicted octanol–water partition coefficient (Wildman–Crippen LogP) is 3.09. The lowest BCUT2D eigenvalue weighted by molar-refractivity contribution is 0.0525. The molecule has 1 saturated heterocycles. The summed E-state index contributed by atoms with van der Waals surface area (Å²) in [5.41, 5.74) is 0.338. The molecule has 1 fully saturated rings. The van der Waals surface area contributed by atoms with Crippen molar-refractivity contribution in [1.82, 2.24) is 20.5 Å². The van der Waals surface area contributed by atoms with Gasteiger partial charge in [-0.2, -0.15) is 0 Å². The minimum atomic E-state index is -0.490. The van der Waals surface area contributed by atoms with Crippen LogP contribution in [0, 0.1) is 0 Å². The number of rotatable bonds is 4. The van der Waals surface area contributed by atoms with Crippen molar-refractivity contribution in [3.63, 3.8) is 0 Å². The van der Waals surface area contributed by atoms with Gasteiger partial charge >= 0.3 is 6.09 Å². The first-order valence-corrected chi connectivity index (χ1v) is 9.22. The highest BCUT2D eigenvalue weighted by atomic mass is 32.1. The molecule has 1 atom stereocenters. The van der Waals surface area contributed by atoms with Gasteiger partial charge in [-0.15, -0.1) is 10.2 Å². The molecule has 1 N–H and O–H groups in total. The molecule has 1 unspecified atom stereocenters. The van der Waals surface area contributed by atoms with Crippen LogP contribution in [-0.4, -0.2) is 46.0 Å². The lowest BCUT2D eigenvalue weighted by atomic mass is 10.2. The molecular formula is C17H23N5O2S. The summed E-state index contributed by atoms with van der Waals surface area (Å²) in [5, 5.41) is 13.1. The summed E-state index contributed by atoms with van der Waals surface area (Å²) in [4.78, 5) is 18.4. The van der Waals surface area contributed by atoms with E-state index in [2.05, 4.69) is 25.4 Å². The van der Waals surface area contributed by atoms with Crippen LogP contribution in [0.15, 0.2) is 24.4 Å². The van der Waals surface area contributed by atoms with Gasteiger partial charge < -0.3 is 15.0 Å². The fourth-order valence-corrected chi connectivity index (χ4v) is 3.66. The summed E-state index contributed by atoms with van der Waals surface area (Å²) in [6.07, 6.45) is 3.44. The van der Waals surface area contributed by atoms with Gasteiger partial charge in [-0.25, -0.2) is 4.79 Å². The Kier molecular flexibility index (Phi) is 5.17. The molecule has 0 radical (unpaired) electrons. The summed E-state index contributed by atoms with van der Waals surface area (Å²) in [5.74, 6) is 0. The molecule has 0 spiro atoms. The second-order valence-electron chi connectivity index (χ2n) is 6.98. The maximum absolute atomic E-state index is 11.9. The van der Waals surface area contributed by atoms with E-state index in [4.69, 9.17) is 4.74 Å². The van der Waals surface area contributed by atoms with Crippen LogP contribution in [0.25, 0.3) is 10.7 Å². The summed E-state index contributed by atoms with van der Waals surface area (Å²) in [6, 6.07) is 5.95. The number of anilines is 1. The molecule has 2 aromatic heterocycles. The summed E-state index contributed by atoms with van der Waals surface area (Å²) in [7, 11) is 0. The molecule has 2 aromatic rings. The fourth-order valence-electron chi connectivity index (χ4n) is 2.74. The molecule has 0 aromatic carbocycles. The van der Waals surface area contributed by atoms with E-state index in [0.29, 0.717) is 6.54 Å². The Morgan fingerprint density at radius 2 is 2.24 bits per heavy atom. The average Bonchev–Trinajstić information content (AvgIpc) is 3.21. The van der Waals surface area contributed by atoms with Crippen molar-refractivity contribution in [2.45, 2.75) is 45.3 Å². The monoisotopic (exact) mass is 361 g/mol. The van der Waals surface area contributed by atoms with Gasteiger partial charge in [-0.05, 0) is 45.7 Å². The Balaban J connectivity index is 1.62. The Morgan fingerprint density at radius 3 is 2.96 bits per heavy atom. The summed E-state index contributed by atoms with van der Waals surface area (Å²) < 4.78 is 5.30. The first-order valence-electron chi connectivity index (χ1n) is 8.41. The molecule has 0 bridgehead atoms. The van der Waals surface area contributed by atoms with Gasteiger partial charge in [0, 0.05) is 25.3 Å². The van der Waals surface area contributed by atoms with Crippen molar-refractivity contribution in [3.8, 4) is 10.7 Å².